The zero-order valence-electron chi connectivity index (χ0n) is 20.1. The Morgan fingerprint density at radius 1 is 0.941 bits per heavy atom. The smallest absolute Gasteiger partial charge is 0.178 e. The van der Waals surface area contributed by atoms with Crippen LogP contribution in [0.1, 0.15) is 22.8 Å². The Bertz CT molecular complexity index is 1240. The van der Waals surface area contributed by atoms with Crippen LogP contribution in [0.4, 0.5) is 0 Å². The lowest BCUT2D eigenvalue weighted by atomic mass is 10.1. The zero-order valence-corrected chi connectivity index (χ0v) is 20.1. The van der Waals surface area contributed by atoms with Crippen LogP contribution in [0.2, 0.25) is 0 Å². The van der Waals surface area contributed by atoms with E-state index in [2.05, 4.69) is 38.9 Å². The molecule has 0 aliphatic carbocycles. The minimum Gasteiger partial charge on any atom is -0.497 e. The van der Waals surface area contributed by atoms with Crippen LogP contribution in [0.15, 0.2) is 40.9 Å². The highest BCUT2D eigenvalue weighted by atomic mass is 16.5. The summed E-state index contributed by atoms with van der Waals surface area (Å²) >= 11 is 0. The first-order valence-corrected chi connectivity index (χ1v) is 11.8. The average molecular weight is 462 g/mol. The van der Waals surface area contributed by atoms with Gasteiger partial charge in [0.25, 0.3) is 0 Å². The number of imidazole rings is 1. The van der Waals surface area contributed by atoms with Crippen LogP contribution in [0.25, 0.3) is 22.4 Å². The molecule has 1 aliphatic rings. The lowest BCUT2D eigenvalue weighted by Gasteiger charge is -2.27. The fourth-order valence-corrected chi connectivity index (χ4v) is 4.60. The van der Waals surface area contributed by atoms with Crippen LogP contribution in [0.3, 0.4) is 0 Å². The quantitative estimate of drug-likeness (QED) is 0.395. The van der Waals surface area contributed by atoms with Crippen molar-refractivity contribution >= 4 is 11.2 Å². The van der Waals surface area contributed by atoms with Crippen LogP contribution >= 0.6 is 0 Å². The molecule has 0 radical (unpaired) electrons. The van der Waals surface area contributed by atoms with E-state index in [-0.39, 0.29) is 0 Å². The van der Waals surface area contributed by atoms with Crippen LogP contribution in [-0.2, 0) is 24.1 Å². The molecule has 3 aromatic heterocycles. The Hall–Kier alpha value is -3.23. The first-order chi connectivity index (χ1) is 16.6. The maximum absolute atomic E-state index is 5.51. The van der Waals surface area contributed by atoms with E-state index in [1.54, 1.807) is 7.11 Å². The van der Waals surface area contributed by atoms with Crippen molar-refractivity contribution < 1.29 is 14.0 Å². The van der Waals surface area contributed by atoms with Gasteiger partial charge in [0.1, 0.15) is 17.3 Å². The normalized spacial score (nSPS) is 14.7. The topological polar surface area (TPSA) is 78.4 Å². The van der Waals surface area contributed by atoms with Crippen molar-refractivity contribution in [2.75, 3.05) is 40.0 Å². The van der Waals surface area contributed by atoms with Crippen LogP contribution in [0.5, 0.6) is 5.75 Å². The van der Waals surface area contributed by atoms with E-state index in [0.29, 0.717) is 0 Å². The van der Waals surface area contributed by atoms with Crippen molar-refractivity contribution in [3.8, 4) is 17.0 Å². The number of morpholine rings is 1. The van der Waals surface area contributed by atoms with Crippen molar-refractivity contribution in [3.05, 3.63) is 59.2 Å². The molecule has 1 aromatic carbocycles. The number of benzene rings is 1. The second-order valence-corrected chi connectivity index (χ2v) is 8.72. The van der Waals surface area contributed by atoms with Crippen molar-refractivity contribution in [1.82, 2.24) is 24.6 Å². The third kappa shape index (κ3) is 4.69. The van der Waals surface area contributed by atoms with Crippen molar-refractivity contribution in [1.29, 1.82) is 0 Å². The molecule has 8 heteroatoms. The Balaban J connectivity index is 1.44. The maximum atomic E-state index is 5.51. The standard InChI is InChI=1S/C26H31N5O3/c1-18-25(19(2)34-29-18)22-9-10-23-26(27-22)28-24(11-6-20-4-7-21(32-3)8-5-20)31(23)13-12-30-14-16-33-17-15-30/h4-5,7-10H,6,11-17H2,1-3H3. The van der Waals surface area contributed by atoms with E-state index >= 15 is 0 Å². The molecule has 1 fully saturated rings. The van der Waals surface area contributed by atoms with Crippen LogP contribution in [-0.4, -0.2) is 64.5 Å². The molecule has 8 nitrogen and oxygen atoms in total. The van der Waals surface area contributed by atoms with E-state index in [1.165, 1.54) is 5.56 Å². The molecule has 0 spiro atoms. The first kappa shape index (κ1) is 22.6. The van der Waals surface area contributed by atoms with E-state index in [0.717, 1.165) is 97.7 Å². The second-order valence-electron chi connectivity index (χ2n) is 8.72. The minimum atomic E-state index is 0.768. The molecule has 0 atom stereocenters. The van der Waals surface area contributed by atoms with Gasteiger partial charge in [-0.15, -0.1) is 0 Å². The number of hydrogen-bond acceptors (Lipinski definition) is 7. The summed E-state index contributed by atoms with van der Waals surface area (Å²) in [5, 5.41) is 4.09. The Kier molecular flexibility index (Phi) is 6.60. The number of nitrogens with zero attached hydrogens (tertiary/aromatic N) is 5. The molecular weight excluding hydrogens is 430 g/mol. The Morgan fingerprint density at radius 3 is 2.44 bits per heavy atom. The summed E-state index contributed by atoms with van der Waals surface area (Å²) in [7, 11) is 1.69. The number of aromatic nitrogens is 4. The summed E-state index contributed by atoms with van der Waals surface area (Å²) in [4.78, 5) is 12.4. The van der Waals surface area contributed by atoms with Gasteiger partial charge in [0.05, 0.1) is 42.8 Å². The Morgan fingerprint density at radius 2 is 1.74 bits per heavy atom. The molecule has 4 heterocycles. The van der Waals surface area contributed by atoms with Gasteiger partial charge in [0.2, 0.25) is 0 Å². The summed E-state index contributed by atoms with van der Waals surface area (Å²) in [5.41, 5.74) is 5.73. The average Bonchev–Trinajstić information content (AvgIpc) is 3.40. The SMILES string of the molecule is COc1ccc(CCc2nc3nc(-c4c(C)noc4C)ccc3n2CCN2CCOCC2)cc1. The van der Waals surface area contributed by atoms with Gasteiger partial charge in [0.15, 0.2) is 5.65 Å². The number of pyridine rings is 1. The summed E-state index contributed by atoms with van der Waals surface area (Å²) < 4.78 is 18.5. The number of methoxy groups -OCH3 is 1. The number of ether oxygens (including phenoxy) is 2. The van der Waals surface area contributed by atoms with E-state index in [4.69, 9.17) is 24.0 Å². The van der Waals surface area contributed by atoms with Crippen LogP contribution in [0, 0.1) is 13.8 Å². The van der Waals surface area contributed by atoms with E-state index < -0.39 is 0 Å². The van der Waals surface area contributed by atoms with Gasteiger partial charge in [-0.3, -0.25) is 4.90 Å². The first-order valence-electron chi connectivity index (χ1n) is 11.8. The largest absolute Gasteiger partial charge is 0.497 e. The molecule has 5 rings (SSSR count). The molecule has 0 unspecified atom stereocenters. The van der Waals surface area contributed by atoms with E-state index in [9.17, 15) is 0 Å². The molecule has 0 saturated carbocycles. The predicted molar refractivity (Wildman–Crippen MR) is 130 cm³/mol. The minimum absolute atomic E-state index is 0.768. The summed E-state index contributed by atoms with van der Waals surface area (Å²) in [5.74, 6) is 2.70. The van der Waals surface area contributed by atoms with Crippen LogP contribution < -0.4 is 4.74 Å². The van der Waals surface area contributed by atoms with Gasteiger partial charge >= 0.3 is 0 Å². The Labute approximate surface area is 199 Å². The number of hydrogen-bond donors (Lipinski definition) is 0. The molecule has 1 aliphatic heterocycles. The highest BCUT2D eigenvalue weighted by molar-refractivity contribution is 5.77. The molecule has 0 bridgehead atoms. The fourth-order valence-electron chi connectivity index (χ4n) is 4.60. The fraction of sp³-hybridized carbons (Fsp3) is 0.423. The zero-order chi connectivity index (χ0) is 23.5. The third-order valence-electron chi connectivity index (χ3n) is 6.52. The highest BCUT2D eigenvalue weighted by Crippen LogP contribution is 2.27. The maximum Gasteiger partial charge on any atom is 0.178 e. The van der Waals surface area contributed by atoms with E-state index in [1.807, 2.05) is 26.0 Å². The molecule has 178 valence electrons. The molecule has 0 amide bonds. The van der Waals surface area contributed by atoms with Gasteiger partial charge in [-0.05, 0) is 50.1 Å². The number of aryl methyl sites for hydroxylation is 4. The molecule has 0 N–H and O–H groups in total. The second kappa shape index (κ2) is 9.95. The monoisotopic (exact) mass is 461 g/mol. The molecular formula is C26H31N5O3. The van der Waals surface area contributed by atoms with Gasteiger partial charge in [-0.2, -0.15) is 0 Å². The van der Waals surface area contributed by atoms with Gasteiger partial charge in [0, 0.05) is 32.6 Å². The summed E-state index contributed by atoms with van der Waals surface area (Å²) in [6.45, 7) is 9.26. The molecule has 34 heavy (non-hydrogen) atoms. The highest BCUT2D eigenvalue weighted by Gasteiger charge is 2.18. The predicted octanol–water partition coefficient (Wildman–Crippen LogP) is 3.83. The number of rotatable bonds is 8. The third-order valence-corrected chi connectivity index (χ3v) is 6.52. The van der Waals surface area contributed by atoms with Crippen molar-refractivity contribution in [3.63, 3.8) is 0 Å². The lowest BCUT2D eigenvalue weighted by molar-refractivity contribution is 0.0364. The molecule has 4 aromatic rings. The van der Waals surface area contributed by atoms with Gasteiger partial charge in [-0.25, -0.2) is 9.97 Å². The lowest BCUT2D eigenvalue weighted by Crippen LogP contribution is -2.38. The van der Waals surface area contributed by atoms with Crippen molar-refractivity contribution in [2.45, 2.75) is 33.2 Å². The summed E-state index contributed by atoms with van der Waals surface area (Å²) in [6.07, 6.45) is 1.74. The van der Waals surface area contributed by atoms with Gasteiger partial charge < -0.3 is 18.6 Å². The van der Waals surface area contributed by atoms with Gasteiger partial charge in [-0.1, -0.05) is 17.3 Å². The molecule has 1 saturated heterocycles. The summed E-state index contributed by atoms with van der Waals surface area (Å²) in [6, 6.07) is 12.4. The van der Waals surface area contributed by atoms with Crippen molar-refractivity contribution in [2.24, 2.45) is 0 Å². The number of fused-ring (bicyclic) bond motifs is 1.